The smallest absolute Gasteiger partial charge is 0.409 e. The number of amides is 1. The molecule has 1 heterocycles. The van der Waals surface area contributed by atoms with Crippen LogP contribution in [0.3, 0.4) is 0 Å². The van der Waals surface area contributed by atoms with Crippen molar-refractivity contribution >= 4 is 16.2 Å². The molecule has 7 heteroatoms. The first-order valence-electron chi connectivity index (χ1n) is 6.54. The van der Waals surface area contributed by atoms with Crippen LogP contribution in [0.15, 0.2) is 0 Å². The van der Waals surface area contributed by atoms with E-state index in [2.05, 4.69) is 0 Å². The number of hydrogen-bond acceptors (Lipinski definition) is 5. The van der Waals surface area contributed by atoms with Crippen molar-refractivity contribution in [1.82, 2.24) is 4.90 Å². The minimum Gasteiger partial charge on any atom is -0.449 e. The molecular weight excluding hydrogens is 270 g/mol. The molecule has 1 saturated heterocycles. The van der Waals surface area contributed by atoms with E-state index in [4.69, 9.17) is 8.92 Å². The second kappa shape index (κ2) is 7.09. The normalized spacial score (nSPS) is 17.8. The second-order valence-corrected chi connectivity index (χ2v) is 7.03. The van der Waals surface area contributed by atoms with Gasteiger partial charge < -0.3 is 9.64 Å². The van der Waals surface area contributed by atoms with Crippen LogP contribution in [0, 0.1) is 11.8 Å². The van der Waals surface area contributed by atoms with Crippen molar-refractivity contribution in [2.45, 2.75) is 26.7 Å². The summed E-state index contributed by atoms with van der Waals surface area (Å²) in [5.41, 5.74) is 0. The number of piperidine rings is 1. The van der Waals surface area contributed by atoms with Crippen LogP contribution in [0.5, 0.6) is 0 Å². The van der Waals surface area contributed by atoms with Crippen LogP contribution in [-0.2, 0) is 19.0 Å². The molecule has 1 aliphatic heterocycles. The number of rotatable bonds is 5. The van der Waals surface area contributed by atoms with Crippen molar-refractivity contribution in [3.8, 4) is 0 Å². The van der Waals surface area contributed by atoms with Gasteiger partial charge in [0, 0.05) is 13.1 Å². The monoisotopic (exact) mass is 293 g/mol. The molecule has 0 aromatic carbocycles. The molecule has 19 heavy (non-hydrogen) atoms. The number of ether oxygens (including phenoxy) is 1. The summed E-state index contributed by atoms with van der Waals surface area (Å²) >= 11 is 0. The summed E-state index contributed by atoms with van der Waals surface area (Å²) in [6, 6.07) is 0. The van der Waals surface area contributed by atoms with Crippen molar-refractivity contribution in [3.63, 3.8) is 0 Å². The van der Waals surface area contributed by atoms with Gasteiger partial charge in [-0.2, -0.15) is 8.42 Å². The number of nitrogens with zero attached hydrogens (tertiary/aromatic N) is 1. The second-order valence-electron chi connectivity index (χ2n) is 5.39. The van der Waals surface area contributed by atoms with Crippen LogP contribution in [0.4, 0.5) is 4.79 Å². The minimum atomic E-state index is -3.38. The number of hydrogen-bond donors (Lipinski definition) is 0. The highest BCUT2D eigenvalue weighted by molar-refractivity contribution is 7.85. The van der Waals surface area contributed by atoms with Crippen molar-refractivity contribution < 1.29 is 22.1 Å². The Morgan fingerprint density at radius 3 is 2.37 bits per heavy atom. The third kappa shape index (κ3) is 6.77. The molecule has 1 rings (SSSR count). The highest BCUT2D eigenvalue weighted by Crippen LogP contribution is 2.18. The van der Waals surface area contributed by atoms with Gasteiger partial charge >= 0.3 is 6.09 Å². The van der Waals surface area contributed by atoms with E-state index in [1.54, 1.807) is 4.90 Å². The van der Waals surface area contributed by atoms with Crippen molar-refractivity contribution in [2.24, 2.45) is 11.8 Å². The summed E-state index contributed by atoms with van der Waals surface area (Å²) in [5.74, 6) is 0.508. The molecule has 0 bridgehead atoms. The molecule has 0 spiro atoms. The molecule has 0 radical (unpaired) electrons. The fraction of sp³-hybridized carbons (Fsp3) is 0.917. The van der Waals surface area contributed by atoms with Gasteiger partial charge in [0.25, 0.3) is 10.1 Å². The zero-order valence-corrected chi connectivity index (χ0v) is 12.6. The van der Waals surface area contributed by atoms with Gasteiger partial charge in [-0.25, -0.2) is 4.79 Å². The standard InChI is InChI=1S/C12H23NO5S/c1-10(2)8-17-12(14)13-6-4-11(5-7-13)9-18-19(3,15)16/h10-11H,4-9H2,1-3H3. The first-order valence-corrected chi connectivity index (χ1v) is 8.35. The average Bonchev–Trinajstić information content (AvgIpc) is 2.33. The number of carbonyl (C=O) groups is 1. The van der Waals surface area contributed by atoms with Crippen LogP contribution in [0.2, 0.25) is 0 Å². The molecule has 0 atom stereocenters. The summed E-state index contributed by atoms with van der Waals surface area (Å²) in [5, 5.41) is 0. The molecule has 0 saturated carbocycles. The lowest BCUT2D eigenvalue weighted by atomic mass is 9.98. The van der Waals surface area contributed by atoms with Gasteiger partial charge in [-0.3, -0.25) is 4.18 Å². The quantitative estimate of drug-likeness (QED) is 0.718. The summed E-state index contributed by atoms with van der Waals surface area (Å²) in [6.45, 7) is 5.79. The van der Waals surface area contributed by atoms with Crippen molar-refractivity contribution in [1.29, 1.82) is 0 Å². The fourth-order valence-electron chi connectivity index (χ4n) is 1.83. The molecule has 6 nitrogen and oxygen atoms in total. The molecular formula is C12H23NO5S. The molecule has 0 aliphatic carbocycles. The van der Waals surface area contributed by atoms with E-state index in [9.17, 15) is 13.2 Å². The largest absolute Gasteiger partial charge is 0.449 e. The molecule has 0 aromatic rings. The molecule has 112 valence electrons. The third-order valence-corrected chi connectivity index (χ3v) is 3.49. The highest BCUT2D eigenvalue weighted by Gasteiger charge is 2.24. The summed E-state index contributed by atoms with van der Waals surface area (Å²) in [6.07, 6.45) is 2.25. The Hall–Kier alpha value is -0.820. The van der Waals surface area contributed by atoms with E-state index in [0.717, 1.165) is 19.1 Å². The maximum Gasteiger partial charge on any atom is 0.409 e. The van der Waals surface area contributed by atoms with Gasteiger partial charge in [-0.1, -0.05) is 13.8 Å². The zero-order chi connectivity index (χ0) is 14.5. The maximum atomic E-state index is 11.7. The third-order valence-electron chi connectivity index (χ3n) is 2.93. The van der Waals surface area contributed by atoms with Crippen LogP contribution >= 0.6 is 0 Å². The van der Waals surface area contributed by atoms with Crippen molar-refractivity contribution in [3.05, 3.63) is 0 Å². The van der Waals surface area contributed by atoms with Crippen LogP contribution in [0.25, 0.3) is 0 Å². The van der Waals surface area contributed by atoms with Crippen LogP contribution in [0.1, 0.15) is 26.7 Å². The molecule has 0 aromatic heterocycles. The molecule has 1 aliphatic rings. The lowest BCUT2D eigenvalue weighted by Gasteiger charge is -2.31. The van der Waals surface area contributed by atoms with Gasteiger partial charge in [0.2, 0.25) is 0 Å². The predicted molar refractivity (Wildman–Crippen MR) is 71.3 cm³/mol. The Balaban J connectivity index is 2.26. The highest BCUT2D eigenvalue weighted by atomic mass is 32.2. The Kier molecular flexibility index (Phi) is 6.06. The molecule has 0 unspecified atom stereocenters. The van der Waals surface area contributed by atoms with Gasteiger partial charge in [0.1, 0.15) is 0 Å². The Morgan fingerprint density at radius 2 is 1.89 bits per heavy atom. The SMILES string of the molecule is CC(C)COC(=O)N1CCC(COS(C)(=O)=O)CC1. The molecule has 0 N–H and O–H groups in total. The van der Waals surface area contributed by atoms with E-state index in [1.807, 2.05) is 13.8 Å². The Bertz CT molecular complexity index is 385. The lowest BCUT2D eigenvalue weighted by Crippen LogP contribution is -2.40. The topological polar surface area (TPSA) is 72.9 Å². The van der Waals surface area contributed by atoms with Gasteiger partial charge in [0.05, 0.1) is 19.5 Å². The summed E-state index contributed by atoms with van der Waals surface area (Å²) in [7, 11) is -3.38. The fourth-order valence-corrected chi connectivity index (χ4v) is 2.27. The van der Waals surface area contributed by atoms with Crippen LogP contribution < -0.4 is 0 Å². The first kappa shape index (κ1) is 16.2. The first-order chi connectivity index (χ1) is 8.78. The molecule has 1 fully saturated rings. The Labute approximate surface area is 115 Å². The van der Waals surface area contributed by atoms with E-state index < -0.39 is 10.1 Å². The number of carbonyl (C=O) groups excluding carboxylic acids is 1. The van der Waals surface area contributed by atoms with E-state index >= 15 is 0 Å². The Morgan fingerprint density at radius 1 is 1.32 bits per heavy atom. The van der Waals surface area contributed by atoms with Gasteiger partial charge in [-0.15, -0.1) is 0 Å². The zero-order valence-electron chi connectivity index (χ0n) is 11.8. The predicted octanol–water partition coefficient (Wildman–Crippen LogP) is 1.47. The maximum absolute atomic E-state index is 11.7. The van der Waals surface area contributed by atoms with E-state index in [-0.39, 0.29) is 18.6 Å². The van der Waals surface area contributed by atoms with Gasteiger partial charge in [-0.05, 0) is 24.7 Å². The minimum absolute atomic E-state index is 0.184. The van der Waals surface area contributed by atoms with E-state index in [0.29, 0.717) is 25.6 Å². The molecule has 1 amide bonds. The average molecular weight is 293 g/mol. The lowest BCUT2D eigenvalue weighted by molar-refractivity contribution is 0.0737. The van der Waals surface area contributed by atoms with Gasteiger partial charge in [0.15, 0.2) is 0 Å². The summed E-state index contributed by atoms with van der Waals surface area (Å²) in [4.78, 5) is 13.4. The summed E-state index contributed by atoms with van der Waals surface area (Å²) < 4.78 is 31.7. The van der Waals surface area contributed by atoms with E-state index in [1.165, 1.54) is 0 Å². The van der Waals surface area contributed by atoms with Crippen LogP contribution in [-0.4, -0.2) is 52.0 Å². The number of likely N-dealkylation sites (tertiary alicyclic amines) is 1. The van der Waals surface area contributed by atoms with Crippen molar-refractivity contribution in [2.75, 3.05) is 32.6 Å².